The third kappa shape index (κ3) is 1.29. The highest BCUT2D eigenvalue weighted by Gasteiger charge is 2.49. The summed E-state index contributed by atoms with van der Waals surface area (Å²) >= 11 is 0. The van der Waals surface area contributed by atoms with E-state index < -0.39 is 23.8 Å². The van der Waals surface area contributed by atoms with Crippen molar-refractivity contribution in [1.29, 1.82) is 0 Å². The summed E-state index contributed by atoms with van der Waals surface area (Å²) < 4.78 is 4.87. The first-order valence-corrected chi connectivity index (χ1v) is 3.42. The summed E-state index contributed by atoms with van der Waals surface area (Å²) in [6.07, 6.45) is -1.94. The van der Waals surface area contributed by atoms with Crippen molar-refractivity contribution in [2.75, 3.05) is 6.61 Å². The quantitative estimate of drug-likeness (QED) is 0.385. The highest BCUT2D eigenvalue weighted by atomic mass is 16.6. The molecular formula is C6H11BO4. The van der Waals surface area contributed by atoms with Crippen LogP contribution in [0.3, 0.4) is 0 Å². The lowest BCUT2D eigenvalue weighted by Crippen LogP contribution is -2.46. The second-order valence-corrected chi connectivity index (χ2v) is 2.94. The third-order valence-corrected chi connectivity index (χ3v) is 2.05. The van der Waals surface area contributed by atoms with Crippen molar-refractivity contribution < 1.29 is 20.1 Å². The fourth-order valence-corrected chi connectivity index (χ4v) is 1.15. The molecule has 0 spiro atoms. The minimum atomic E-state index is -1.45. The number of hydrogen-bond donors (Lipinski definition) is 3. The molecule has 11 heavy (non-hydrogen) atoms. The summed E-state index contributed by atoms with van der Waals surface area (Å²) in [5.74, 6) is 0. The van der Waals surface area contributed by atoms with E-state index in [0.29, 0.717) is 0 Å². The largest absolute Gasteiger partial charge is 0.394 e. The minimum Gasteiger partial charge on any atom is -0.394 e. The van der Waals surface area contributed by atoms with Crippen molar-refractivity contribution in [1.82, 2.24) is 0 Å². The zero-order valence-electron chi connectivity index (χ0n) is 6.27. The van der Waals surface area contributed by atoms with Crippen molar-refractivity contribution in [2.45, 2.75) is 30.7 Å². The zero-order chi connectivity index (χ0) is 8.65. The van der Waals surface area contributed by atoms with Crippen LogP contribution in [0.2, 0.25) is 0 Å². The summed E-state index contributed by atoms with van der Waals surface area (Å²) in [5.41, 5.74) is -1.45. The van der Waals surface area contributed by atoms with Gasteiger partial charge in [-0.3, -0.25) is 0 Å². The minimum absolute atomic E-state index is 0.349. The van der Waals surface area contributed by atoms with Crippen molar-refractivity contribution in [3.05, 3.63) is 0 Å². The first-order valence-electron chi connectivity index (χ1n) is 3.42. The van der Waals surface area contributed by atoms with E-state index in [1.807, 2.05) is 0 Å². The molecule has 1 fully saturated rings. The Kier molecular flexibility index (Phi) is 2.25. The second-order valence-electron chi connectivity index (χ2n) is 2.94. The predicted octanol–water partition coefficient (Wildman–Crippen LogP) is -2.02. The van der Waals surface area contributed by atoms with Crippen LogP contribution < -0.4 is 0 Å². The van der Waals surface area contributed by atoms with Crippen LogP contribution >= 0.6 is 0 Å². The lowest BCUT2D eigenvalue weighted by molar-refractivity contribution is -0.0790. The van der Waals surface area contributed by atoms with E-state index in [0.717, 1.165) is 0 Å². The Balaban J connectivity index is 2.74. The van der Waals surface area contributed by atoms with Gasteiger partial charge in [-0.15, -0.1) is 0 Å². The summed E-state index contributed by atoms with van der Waals surface area (Å²) in [6.45, 7) is 1.03. The maximum absolute atomic E-state index is 9.48. The van der Waals surface area contributed by atoms with Gasteiger partial charge in [-0.05, 0) is 6.92 Å². The maximum Gasteiger partial charge on any atom is 0.118 e. The van der Waals surface area contributed by atoms with Gasteiger partial charge in [-0.2, -0.15) is 0 Å². The van der Waals surface area contributed by atoms with Crippen LogP contribution in [0.1, 0.15) is 6.92 Å². The normalized spacial score (nSPS) is 51.5. The van der Waals surface area contributed by atoms with Gasteiger partial charge in [0, 0.05) is 6.00 Å². The molecule has 0 saturated carbocycles. The third-order valence-electron chi connectivity index (χ3n) is 2.05. The Labute approximate surface area is 66.2 Å². The summed E-state index contributed by atoms with van der Waals surface area (Å²) in [7, 11) is 5.28. The first-order chi connectivity index (χ1) is 5.00. The van der Waals surface area contributed by atoms with Gasteiger partial charge >= 0.3 is 0 Å². The van der Waals surface area contributed by atoms with E-state index in [4.69, 9.17) is 17.7 Å². The molecule has 1 rings (SSSR count). The maximum atomic E-state index is 9.48. The van der Waals surface area contributed by atoms with E-state index in [9.17, 15) is 10.2 Å². The van der Waals surface area contributed by atoms with Crippen molar-refractivity contribution in [2.24, 2.45) is 0 Å². The fraction of sp³-hybridized carbons (Fsp3) is 1.00. The number of aliphatic hydroxyl groups is 3. The van der Waals surface area contributed by atoms with Gasteiger partial charge in [0.15, 0.2) is 0 Å². The zero-order valence-corrected chi connectivity index (χ0v) is 6.27. The Morgan fingerprint density at radius 2 is 2.18 bits per heavy atom. The van der Waals surface area contributed by atoms with Gasteiger partial charge in [0.05, 0.1) is 6.61 Å². The number of aliphatic hydroxyl groups excluding tert-OH is 2. The first kappa shape index (κ1) is 9.00. The lowest BCUT2D eigenvalue weighted by Gasteiger charge is -2.24. The molecule has 4 atom stereocenters. The van der Waals surface area contributed by atoms with Crippen LogP contribution in [-0.2, 0) is 4.74 Å². The van der Waals surface area contributed by atoms with Gasteiger partial charge in [-0.1, -0.05) is 0 Å². The molecule has 0 aromatic rings. The SMILES string of the molecule is [B]C1OC(CO)C(C)(O)C1O. The molecule has 0 aromatic heterocycles. The van der Waals surface area contributed by atoms with Crippen molar-refractivity contribution >= 4 is 7.85 Å². The van der Waals surface area contributed by atoms with Crippen LogP contribution in [-0.4, -0.2) is 53.6 Å². The van der Waals surface area contributed by atoms with E-state index in [1.165, 1.54) is 6.92 Å². The molecule has 0 aromatic carbocycles. The molecule has 1 aliphatic heterocycles. The van der Waals surface area contributed by atoms with Crippen LogP contribution in [0.15, 0.2) is 0 Å². The topological polar surface area (TPSA) is 69.9 Å². The van der Waals surface area contributed by atoms with Gasteiger partial charge in [0.1, 0.15) is 25.7 Å². The smallest absolute Gasteiger partial charge is 0.118 e. The highest BCUT2D eigenvalue weighted by Crippen LogP contribution is 2.28. The summed E-state index contributed by atoms with van der Waals surface area (Å²) in [6, 6.07) is -0.915. The highest BCUT2D eigenvalue weighted by molar-refractivity contribution is 6.11. The van der Waals surface area contributed by atoms with Crippen LogP contribution in [0.5, 0.6) is 0 Å². The standard InChI is InChI=1S/C6H11BO4/c1-6(10)3(2-8)11-5(7)4(6)9/h3-5,8-10H,2H2,1H3. The van der Waals surface area contributed by atoms with E-state index in [-0.39, 0.29) is 6.61 Å². The van der Waals surface area contributed by atoms with Crippen LogP contribution in [0.25, 0.3) is 0 Å². The molecule has 62 valence electrons. The molecule has 0 amide bonds. The Morgan fingerprint density at radius 1 is 1.64 bits per heavy atom. The molecule has 5 heteroatoms. The Bertz CT molecular complexity index is 150. The lowest BCUT2D eigenvalue weighted by atomic mass is 9.86. The van der Waals surface area contributed by atoms with Crippen molar-refractivity contribution in [3.63, 3.8) is 0 Å². The molecule has 4 nitrogen and oxygen atoms in total. The van der Waals surface area contributed by atoms with Gasteiger partial charge < -0.3 is 20.1 Å². The number of ether oxygens (including phenoxy) is 1. The molecule has 4 unspecified atom stereocenters. The van der Waals surface area contributed by atoms with Crippen molar-refractivity contribution in [3.8, 4) is 0 Å². The van der Waals surface area contributed by atoms with Gasteiger partial charge in [0.2, 0.25) is 0 Å². The average molecular weight is 158 g/mol. The van der Waals surface area contributed by atoms with E-state index in [1.54, 1.807) is 0 Å². The average Bonchev–Trinajstić information content (AvgIpc) is 2.13. The molecule has 3 N–H and O–H groups in total. The van der Waals surface area contributed by atoms with E-state index in [2.05, 4.69) is 0 Å². The van der Waals surface area contributed by atoms with Crippen LogP contribution in [0, 0.1) is 0 Å². The predicted molar refractivity (Wildman–Crippen MR) is 38.1 cm³/mol. The molecule has 0 bridgehead atoms. The summed E-state index contributed by atoms with van der Waals surface area (Å²) in [4.78, 5) is 0. The number of rotatable bonds is 1. The molecular weight excluding hydrogens is 147 g/mol. The Morgan fingerprint density at radius 3 is 2.36 bits per heavy atom. The van der Waals surface area contributed by atoms with Crippen LogP contribution in [0.4, 0.5) is 0 Å². The molecule has 0 aliphatic carbocycles. The fourth-order valence-electron chi connectivity index (χ4n) is 1.15. The molecule has 1 aliphatic rings. The van der Waals surface area contributed by atoms with Gasteiger partial charge in [0.25, 0.3) is 0 Å². The number of hydrogen-bond acceptors (Lipinski definition) is 4. The molecule has 1 heterocycles. The van der Waals surface area contributed by atoms with E-state index >= 15 is 0 Å². The molecule has 1 saturated heterocycles. The molecule has 2 radical (unpaired) electrons. The monoisotopic (exact) mass is 158 g/mol. The van der Waals surface area contributed by atoms with Gasteiger partial charge in [-0.25, -0.2) is 0 Å². The second kappa shape index (κ2) is 2.75. The Hall–Kier alpha value is -0.0951. The summed E-state index contributed by atoms with van der Waals surface area (Å²) in [5, 5.41) is 27.4.